The third-order valence-electron chi connectivity index (χ3n) is 8.06. The molecular weight excluding hydrogens is 855 g/mol. The summed E-state index contributed by atoms with van der Waals surface area (Å²) < 4.78 is 54.1. The molecular formula is C43H59Cl3N4O7S2. The van der Waals surface area contributed by atoms with E-state index in [-0.39, 0.29) is 17.7 Å². The van der Waals surface area contributed by atoms with Gasteiger partial charge in [-0.1, -0.05) is 108 Å². The van der Waals surface area contributed by atoms with Crippen LogP contribution in [0.3, 0.4) is 0 Å². The fraction of sp³-hybridized carbons (Fsp3) is 0.395. The van der Waals surface area contributed by atoms with Gasteiger partial charge in [-0.3, -0.25) is 19.6 Å². The number of nitrogens with one attached hydrogen (secondary N) is 4. The highest BCUT2D eigenvalue weighted by Crippen LogP contribution is 2.30. The summed E-state index contributed by atoms with van der Waals surface area (Å²) in [5.41, 5.74) is 7.97. The van der Waals surface area contributed by atoms with Crippen molar-refractivity contribution in [2.45, 2.75) is 92.9 Å². The molecule has 326 valence electrons. The molecule has 0 aliphatic rings. The molecule has 0 heterocycles. The lowest BCUT2D eigenvalue weighted by atomic mass is 9.99. The third kappa shape index (κ3) is 20.7. The van der Waals surface area contributed by atoms with E-state index in [1.54, 1.807) is 36.4 Å². The highest BCUT2D eigenvalue weighted by atomic mass is 35.5. The predicted octanol–water partition coefficient (Wildman–Crippen LogP) is 12.4. The van der Waals surface area contributed by atoms with E-state index in [2.05, 4.69) is 38.7 Å². The Hall–Kier alpha value is -4.01. The molecule has 0 saturated carbocycles. The SMILES string of the molecule is CC(=O)Nc1ccc(Cl)cc1C(C)C.CC(C)c1cc(Cl)ccc1NS(C)(=O)=O.COC(=O)Nc1ccc(Cl)cc1C(C)C.Cc1ccc(NS(C)(=O)=O)c(C(C)C)c1. The number of halogens is 3. The number of carbonyl (C=O) groups is 2. The summed E-state index contributed by atoms with van der Waals surface area (Å²) >= 11 is 17.6. The van der Waals surface area contributed by atoms with Crippen molar-refractivity contribution in [2.75, 3.05) is 39.7 Å². The van der Waals surface area contributed by atoms with Crippen LogP contribution < -0.4 is 20.1 Å². The summed E-state index contributed by atoms with van der Waals surface area (Å²) in [6.07, 6.45) is 1.82. The molecule has 4 rings (SSSR count). The number of sulfonamides is 2. The van der Waals surface area contributed by atoms with Gasteiger partial charge in [0.1, 0.15) is 0 Å². The minimum atomic E-state index is -3.24. The summed E-state index contributed by atoms with van der Waals surface area (Å²) in [5.74, 6) is 1.09. The lowest BCUT2D eigenvalue weighted by Crippen LogP contribution is -2.12. The Morgan fingerprint density at radius 3 is 1.15 bits per heavy atom. The molecule has 11 nitrogen and oxygen atoms in total. The number of carbonyl (C=O) groups excluding carboxylic acids is 2. The highest BCUT2D eigenvalue weighted by Gasteiger charge is 2.13. The number of ether oxygens (including phenoxy) is 1. The number of benzene rings is 4. The molecule has 59 heavy (non-hydrogen) atoms. The first-order chi connectivity index (χ1) is 27.1. The molecule has 2 amide bonds. The molecule has 4 N–H and O–H groups in total. The van der Waals surface area contributed by atoms with E-state index in [4.69, 9.17) is 34.8 Å². The zero-order chi connectivity index (χ0) is 45.4. The zero-order valence-electron chi connectivity index (χ0n) is 36.0. The van der Waals surface area contributed by atoms with Crippen LogP contribution in [0.25, 0.3) is 0 Å². The number of anilines is 4. The van der Waals surface area contributed by atoms with Crippen molar-refractivity contribution < 1.29 is 31.2 Å². The number of rotatable bonds is 10. The van der Waals surface area contributed by atoms with Crippen molar-refractivity contribution in [3.63, 3.8) is 0 Å². The van der Waals surface area contributed by atoms with Gasteiger partial charge in [-0.25, -0.2) is 21.6 Å². The van der Waals surface area contributed by atoms with Crippen molar-refractivity contribution in [2.24, 2.45) is 0 Å². The minimum Gasteiger partial charge on any atom is -0.453 e. The van der Waals surface area contributed by atoms with Crippen LogP contribution in [0.15, 0.2) is 72.8 Å². The minimum absolute atomic E-state index is 0.0609. The number of methoxy groups -OCH3 is 1. The van der Waals surface area contributed by atoms with Crippen LogP contribution in [-0.2, 0) is 29.6 Å². The molecule has 4 aromatic carbocycles. The van der Waals surface area contributed by atoms with E-state index in [1.807, 2.05) is 84.9 Å². The van der Waals surface area contributed by atoms with Crippen LogP contribution in [0.5, 0.6) is 0 Å². The Kier molecular flexibility index (Phi) is 21.8. The second kappa shape index (κ2) is 24.3. The molecule has 0 spiro atoms. The van der Waals surface area contributed by atoms with E-state index in [0.29, 0.717) is 38.3 Å². The van der Waals surface area contributed by atoms with Crippen molar-refractivity contribution in [1.82, 2.24) is 0 Å². The van der Waals surface area contributed by atoms with Gasteiger partial charge in [-0.05, 0) is 114 Å². The van der Waals surface area contributed by atoms with Crippen LogP contribution in [0.1, 0.15) is 114 Å². The maximum Gasteiger partial charge on any atom is 0.411 e. The average Bonchev–Trinajstić information content (AvgIpc) is 3.10. The van der Waals surface area contributed by atoms with Gasteiger partial charge < -0.3 is 10.1 Å². The number of aryl methyl sites for hydroxylation is 1. The van der Waals surface area contributed by atoms with Crippen LogP contribution in [-0.4, -0.2) is 48.5 Å². The van der Waals surface area contributed by atoms with Gasteiger partial charge in [-0.15, -0.1) is 0 Å². The molecule has 4 aromatic rings. The second-order valence-electron chi connectivity index (χ2n) is 15.0. The van der Waals surface area contributed by atoms with Gasteiger partial charge >= 0.3 is 6.09 Å². The Balaban J connectivity index is 0.000000393. The van der Waals surface area contributed by atoms with Crippen molar-refractivity contribution in [3.05, 3.63) is 116 Å². The largest absolute Gasteiger partial charge is 0.453 e. The molecule has 0 aromatic heterocycles. The van der Waals surface area contributed by atoms with Gasteiger partial charge in [0.2, 0.25) is 26.0 Å². The van der Waals surface area contributed by atoms with E-state index in [0.717, 1.165) is 51.7 Å². The first kappa shape index (κ1) is 53.0. The van der Waals surface area contributed by atoms with E-state index < -0.39 is 26.1 Å². The van der Waals surface area contributed by atoms with Crippen molar-refractivity contribution >= 4 is 89.6 Å². The molecule has 0 fully saturated rings. The van der Waals surface area contributed by atoms with Crippen molar-refractivity contribution in [1.29, 1.82) is 0 Å². The lowest BCUT2D eigenvalue weighted by Gasteiger charge is -2.14. The van der Waals surface area contributed by atoms with Crippen LogP contribution >= 0.6 is 34.8 Å². The molecule has 0 aliphatic carbocycles. The Labute approximate surface area is 367 Å². The number of hydrogen-bond acceptors (Lipinski definition) is 7. The summed E-state index contributed by atoms with van der Waals surface area (Å²) in [6.45, 7) is 19.8. The Morgan fingerprint density at radius 2 is 0.831 bits per heavy atom. The molecule has 0 aliphatic heterocycles. The average molecular weight is 914 g/mol. The lowest BCUT2D eigenvalue weighted by molar-refractivity contribution is -0.114. The van der Waals surface area contributed by atoms with Gasteiger partial charge in [0.05, 0.1) is 31.0 Å². The first-order valence-corrected chi connectivity index (χ1v) is 23.6. The first-order valence-electron chi connectivity index (χ1n) is 18.7. The molecule has 16 heteroatoms. The van der Waals surface area contributed by atoms with Gasteiger partial charge in [0.25, 0.3) is 0 Å². The maximum atomic E-state index is 11.1. The Bertz CT molecular complexity index is 2160. The molecule has 0 saturated heterocycles. The van der Waals surface area contributed by atoms with Crippen molar-refractivity contribution in [3.8, 4) is 0 Å². The zero-order valence-corrected chi connectivity index (χ0v) is 39.9. The van der Waals surface area contributed by atoms with Gasteiger partial charge in [0.15, 0.2) is 0 Å². The number of hydrogen-bond donors (Lipinski definition) is 4. The topological polar surface area (TPSA) is 160 Å². The number of amides is 2. The predicted molar refractivity (Wildman–Crippen MR) is 249 cm³/mol. The van der Waals surface area contributed by atoms with Crippen LogP contribution in [0.4, 0.5) is 27.5 Å². The molecule has 0 atom stereocenters. The van der Waals surface area contributed by atoms with E-state index in [9.17, 15) is 26.4 Å². The fourth-order valence-electron chi connectivity index (χ4n) is 5.36. The monoisotopic (exact) mass is 912 g/mol. The summed E-state index contributed by atoms with van der Waals surface area (Å²) in [4.78, 5) is 22.0. The molecule has 0 bridgehead atoms. The standard InChI is InChI=1S/C11H14ClNO2.C11H14ClNO.C11H17NO2S.C10H14ClNO2S/c1-7(2)9-6-8(12)4-5-10(9)13-11(14)15-3;1-7(2)10-6-9(12)4-5-11(10)13-8(3)14;1-8(2)10-7-9(3)5-6-11(10)12-15(4,13)14;1-7(2)9-6-8(11)4-5-10(9)12-15(3,13)14/h4-7H,1-3H3,(H,13,14);4-7H,1-3H3,(H,13,14);5-8,12H,1-4H3;4-7,12H,1-3H3. The van der Waals surface area contributed by atoms with Gasteiger partial charge in [0, 0.05) is 33.4 Å². The Morgan fingerprint density at radius 1 is 0.525 bits per heavy atom. The smallest absolute Gasteiger partial charge is 0.411 e. The fourth-order valence-corrected chi connectivity index (χ4v) is 7.07. The normalized spacial score (nSPS) is 11.1. The highest BCUT2D eigenvalue weighted by molar-refractivity contribution is 7.92. The summed E-state index contributed by atoms with van der Waals surface area (Å²) in [5, 5.41) is 7.40. The second-order valence-corrected chi connectivity index (χ2v) is 19.8. The van der Waals surface area contributed by atoms with Crippen LogP contribution in [0.2, 0.25) is 15.1 Å². The van der Waals surface area contributed by atoms with Gasteiger partial charge in [-0.2, -0.15) is 0 Å². The molecule has 0 unspecified atom stereocenters. The van der Waals surface area contributed by atoms with E-state index in [1.165, 1.54) is 14.0 Å². The van der Waals surface area contributed by atoms with E-state index >= 15 is 0 Å². The quantitative estimate of drug-likeness (QED) is 0.123. The van der Waals surface area contributed by atoms with Crippen LogP contribution in [0, 0.1) is 6.92 Å². The summed E-state index contributed by atoms with van der Waals surface area (Å²) in [6, 6.07) is 21.7. The third-order valence-corrected chi connectivity index (χ3v) is 9.95. The maximum absolute atomic E-state index is 11.1. The summed E-state index contributed by atoms with van der Waals surface area (Å²) in [7, 11) is -5.10. The molecule has 0 radical (unpaired) electrons.